The highest BCUT2D eigenvalue weighted by molar-refractivity contribution is 14.0. The number of hydrogen-bond acceptors (Lipinski definition) is 2. The van der Waals surface area contributed by atoms with E-state index in [2.05, 4.69) is 20.6 Å². The summed E-state index contributed by atoms with van der Waals surface area (Å²) in [6.45, 7) is 0.637. The van der Waals surface area contributed by atoms with Crippen LogP contribution in [0.4, 0.5) is 8.78 Å². The minimum atomic E-state index is -0.468. The summed E-state index contributed by atoms with van der Waals surface area (Å²) in [7, 11) is 1.61. The van der Waals surface area contributed by atoms with E-state index in [9.17, 15) is 8.78 Å². The number of aromatic nitrogens is 1. The molecule has 0 aliphatic carbocycles. The minimum absolute atomic E-state index is 0. The predicted molar refractivity (Wildman–Crippen MR) is 93.0 cm³/mol. The fourth-order valence-corrected chi connectivity index (χ4v) is 1.76. The summed E-state index contributed by atoms with van der Waals surface area (Å²) < 4.78 is 26.6. The van der Waals surface area contributed by atoms with Crippen LogP contribution < -0.4 is 10.6 Å². The number of pyridine rings is 1. The molecule has 0 radical (unpaired) electrons. The highest BCUT2D eigenvalue weighted by Gasteiger charge is 2.05. The van der Waals surface area contributed by atoms with Gasteiger partial charge in [0.15, 0.2) is 5.96 Å². The molecule has 2 aromatic rings. The van der Waals surface area contributed by atoms with Crippen molar-refractivity contribution >= 4 is 29.9 Å². The molecular weight excluding hydrogens is 401 g/mol. The minimum Gasteiger partial charge on any atom is -0.352 e. The Morgan fingerprint density at radius 1 is 1.14 bits per heavy atom. The van der Waals surface area contributed by atoms with Crippen LogP contribution in [0.25, 0.3) is 0 Å². The van der Waals surface area contributed by atoms with E-state index < -0.39 is 11.6 Å². The van der Waals surface area contributed by atoms with Gasteiger partial charge in [0.05, 0.1) is 12.2 Å². The largest absolute Gasteiger partial charge is 0.352 e. The summed E-state index contributed by atoms with van der Waals surface area (Å²) >= 11 is 0. The molecule has 0 saturated carbocycles. The van der Waals surface area contributed by atoms with E-state index in [0.717, 1.165) is 23.9 Å². The van der Waals surface area contributed by atoms with Crippen LogP contribution in [0.1, 0.15) is 11.3 Å². The van der Waals surface area contributed by atoms with Crippen molar-refractivity contribution in [3.05, 3.63) is 65.5 Å². The first-order chi connectivity index (χ1) is 10.2. The Labute approximate surface area is 145 Å². The Morgan fingerprint density at radius 3 is 2.59 bits per heavy atom. The maximum Gasteiger partial charge on any atom is 0.191 e. The molecule has 0 bridgehead atoms. The van der Waals surface area contributed by atoms with Gasteiger partial charge in [-0.2, -0.15) is 0 Å². The zero-order valence-electron chi connectivity index (χ0n) is 12.0. The molecule has 1 aromatic carbocycles. The second-order valence-electron chi connectivity index (χ2n) is 4.34. The number of benzene rings is 1. The fourth-order valence-electron chi connectivity index (χ4n) is 1.76. The van der Waals surface area contributed by atoms with E-state index in [4.69, 9.17) is 0 Å². The highest BCUT2D eigenvalue weighted by atomic mass is 127. The van der Waals surface area contributed by atoms with Gasteiger partial charge in [-0.3, -0.25) is 9.98 Å². The van der Waals surface area contributed by atoms with Crippen molar-refractivity contribution in [2.75, 3.05) is 7.05 Å². The molecule has 2 rings (SSSR count). The number of aliphatic imine (C=N–C) groups is 1. The topological polar surface area (TPSA) is 49.3 Å². The molecule has 1 aromatic heterocycles. The number of halogens is 3. The van der Waals surface area contributed by atoms with Gasteiger partial charge in [-0.05, 0) is 30.3 Å². The zero-order chi connectivity index (χ0) is 15.1. The Bertz CT molecular complexity index is 620. The molecule has 0 saturated heterocycles. The molecule has 118 valence electrons. The van der Waals surface area contributed by atoms with E-state index in [1.165, 1.54) is 0 Å². The Hall–Kier alpha value is -1.77. The lowest BCUT2D eigenvalue weighted by atomic mass is 10.2. The predicted octanol–water partition coefficient (Wildman–Crippen LogP) is 2.84. The lowest BCUT2D eigenvalue weighted by Crippen LogP contribution is -2.36. The Morgan fingerprint density at radius 2 is 1.91 bits per heavy atom. The van der Waals surface area contributed by atoms with Crippen molar-refractivity contribution < 1.29 is 8.78 Å². The standard InChI is InChI=1S/C15H16F2N4.HI/c1-18-15(21-10-13-4-2-3-7-19-13)20-9-11-8-12(16)5-6-14(11)17;/h2-8H,9-10H2,1H3,(H2,18,20,21);1H. The number of guanidine groups is 1. The number of nitrogens with one attached hydrogen (secondary N) is 2. The number of rotatable bonds is 4. The Kier molecular flexibility index (Phi) is 7.72. The smallest absolute Gasteiger partial charge is 0.191 e. The van der Waals surface area contributed by atoms with Crippen molar-refractivity contribution in [1.29, 1.82) is 0 Å². The van der Waals surface area contributed by atoms with Gasteiger partial charge >= 0.3 is 0 Å². The maximum atomic E-state index is 13.5. The van der Waals surface area contributed by atoms with Crippen molar-refractivity contribution in [2.24, 2.45) is 4.99 Å². The zero-order valence-corrected chi connectivity index (χ0v) is 14.3. The van der Waals surface area contributed by atoms with Gasteiger partial charge in [0.25, 0.3) is 0 Å². The van der Waals surface area contributed by atoms with E-state index in [1.807, 2.05) is 18.2 Å². The molecule has 0 aliphatic rings. The molecule has 0 atom stereocenters. The number of nitrogens with zero attached hydrogens (tertiary/aromatic N) is 2. The van der Waals surface area contributed by atoms with E-state index in [0.29, 0.717) is 12.5 Å². The summed E-state index contributed by atoms with van der Waals surface area (Å²) in [6.07, 6.45) is 1.70. The molecule has 0 unspecified atom stereocenters. The third-order valence-electron chi connectivity index (χ3n) is 2.84. The van der Waals surface area contributed by atoms with Gasteiger partial charge in [0, 0.05) is 25.4 Å². The van der Waals surface area contributed by atoms with Crippen LogP contribution in [-0.2, 0) is 13.1 Å². The summed E-state index contributed by atoms with van der Waals surface area (Å²) in [5.74, 6) is -0.432. The van der Waals surface area contributed by atoms with Gasteiger partial charge in [-0.15, -0.1) is 24.0 Å². The first-order valence-corrected chi connectivity index (χ1v) is 6.47. The number of hydrogen-bond donors (Lipinski definition) is 2. The normalized spacial score (nSPS) is 10.8. The molecule has 7 heteroatoms. The van der Waals surface area contributed by atoms with Gasteiger partial charge in [-0.25, -0.2) is 8.78 Å². The molecule has 0 amide bonds. The van der Waals surface area contributed by atoms with Crippen molar-refractivity contribution in [3.63, 3.8) is 0 Å². The first kappa shape index (κ1) is 18.3. The molecule has 1 heterocycles. The molecule has 22 heavy (non-hydrogen) atoms. The lowest BCUT2D eigenvalue weighted by molar-refractivity contribution is 0.581. The summed E-state index contributed by atoms with van der Waals surface area (Å²) in [4.78, 5) is 8.19. The van der Waals surface area contributed by atoms with Crippen LogP contribution in [0.3, 0.4) is 0 Å². The van der Waals surface area contributed by atoms with Gasteiger partial charge in [-0.1, -0.05) is 6.07 Å². The van der Waals surface area contributed by atoms with E-state index in [-0.39, 0.29) is 36.1 Å². The maximum absolute atomic E-state index is 13.5. The quantitative estimate of drug-likeness (QED) is 0.456. The average Bonchev–Trinajstić information content (AvgIpc) is 2.51. The third-order valence-corrected chi connectivity index (χ3v) is 2.84. The second-order valence-corrected chi connectivity index (χ2v) is 4.34. The van der Waals surface area contributed by atoms with Crippen molar-refractivity contribution in [1.82, 2.24) is 15.6 Å². The summed E-state index contributed by atoms with van der Waals surface area (Å²) in [6, 6.07) is 8.97. The van der Waals surface area contributed by atoms with Gasteiger partial charge in [0.2, 0.25) is 0 Å². The monoisotopic (exact) mass is 418 g/mol. The van der Waals surface area contributed by atoms with Gasteiger partial charge < -0.3 is 10.6 Å². The second kappa shape index (κ2) is 9.29. The van der Waals surface area contributed by atoms with Crippen LogP contribution in [0, 0.1) is 11.6 Å². The van der Waals surface area contributed by atoms with Crippen LogP contribution in [-0.4, -0.2) is 18.0 Å². The van der Waals surface area contributed by atoms with E-state index >= 15 is 0 Å². The molecule has 4 nitrogen and oxygen atoms in total. The van der Waals surface area contributed by atoms with Crippen molar-refractivity contribution in [2.45, 2.75) is 13.1 Å². The van der Waals surface area contributed by atoms with Gasteiger partial charge in [0.1, 0.15) is 11.6 Å². The average molecular weight is 418 g/mol. The lowest BCUT2D eigenvalue weighted by Gasteiger charge is -2.12. The summed E-state index contributed by atoms with van der Waals surface area (Å²) in [5.41, 5.74) is 1.10. The third kappa shape index (κ3) is 5.55. The molecule has 0 aliphatic heterocycles. The SMILES string of the molecule is CN=C(NCc1ccccn1)NCc1cc(F)ccc1F.I. The first-order valence-electron chi connectivity index (χ1n) is 6.47. The van der Waals surface area contributed by atoms with Crippen LogP contribution >= 0.6 is 24.0 Å². The highest BCUT2D eigenvalue weighted by Crippen LogP contribution is 2.09. The summed E-state index contributed by atoms with van der Waals surface area (Å²) in [5, 5.41) is 5.98. The molecule has 0 spiro atoms. The van der Waals surface area contributed by atoms with Crippen molar-refractivity contribution in [3.8, 4) is 0 Å². The van der Waals surface area contributed by atoms with Crippen LogP contribution in [0.2, 0.25) is 0 Å². The fraction of sp³-hybridized carbons (Fsp3) is 0.200. The van der Waals surface area contributed by atoms with Crippen LogP contribution in [0.15, 0.2) is 47.6 Å². The molecular formula is C15H17F2IN4. The van der Waals surface area contributed by atoms with E-state index in [1.54, 1.807) is 13.2 Å². The van der Waals surface area contributed by atoms with Crippen LogP contribution in [0.5, 0.6) is 0 Å². The Balaban J connectivity index is 0.00000242. The molecule has 2 N–H and O–H groups in total. The molecule has 0 fully saturated rings.